The molecule has 5 heteroatoms. The molecule has 2 aromatic carbocycles. The predicted octanol–water partition coefficient (Wildman–Crippen LogP) is 3.28. The number of carbonyl (C=O) groups excluding carboxylic acids is 3. The second-order valence-electron chi connectivity index (χ2n) is 5.55. The Morgan fingerprint density at radius 1 is 1.00 bits per heavy atom. The monoisotopic (exact) mass is 340 g/mol. The number of rotatable bonds is 8. The van der Waals surface area contributed by atoms with Gasteiger partial charge in [-0.15, -0.1) is 0 Å². The zero-order valence-electron chi connectivity index (χ0n) is 14.3. The Morgan fingerprint density at radius 2 is 1.72 bits per heavy atom. The molecule has 0 saturated heterocycles. The summed E-state index contributed by atoms with van der Waals surface area (Å²) in [6.45, 7) is 4.08. The van der Waals surface area contributed by atoms with Crippen molar-refractivity contribution in [3.8, 4) is 5.75 Å². The van der Waals surface area contributed by atoms with E-state index in [2.05, 4.69) is 4.74 Å². The van der Waals surface area contributed by atoms with Crippen molar-refractivity contribution in [2.45, 2.75) is 26.9 Å². The van der Waals surface area contributed by atoms with Crippen LogP contribution in [0.4, 0.5) is 0 Å². The molecule has 0 aliphatic rings. The van der Waals surface area contributed by atoms with Gasteiger partial charge in [0.25, 0.3) is 0 Å². The van der Waals surface area contributed by atoms with Crippen molar-refractivity contribution in [2.75, 3.05) is 6.61 Å². The zero-order chi connectivity index (χ0) is 18.2. The van der Waals surface area contributed by atoms with Gasteiger partial charge in [0.05, 0.1) is 13.0 Å². The van der Waals surface area contributed by atoms with Crippen LogP contribution in [0.25, 0.3) is 0 Å². The molecule has 0 saturated carbocycles. The normalized spacial score (nSPS) is 10.2. The molecule has 0 fully saturated rings. The number of aryl methyl sites for hydroxylation is 1. The van der Waals surface area contributed by atoms with E-state index in [1.165, 1.54) is 5.56 Å². The highest BCUT2D eigenvalue weighted by Crippen LogP contribution is 2.17. The minimum atomic E-state index is -0.984. The minimum Gasteiger partial charge on any atom is -0.489 e. The summed E-state index contributed by atoms with van der Waals surface area (Å²) >= 11 is 0. The number of esters is 1. The first-order valence-corrected chi connectivity index (χ1v) is 8.01. The first-order valence-electron chi connectivity index (χ1n) is 8.01. The van der Waals surface area contributed by atoms with Crippen LogP contribution < -0.4 is 4.74 Å². The molecule has 0 unspecified atom stereocenters. The highest BCUT2D eigenvalue weighted by Gasteiger charge is 2.20. The molecule has 0 spiro atoms. The third-order valence-electron chi connectivity index (χ3n) is 3.51. The first-order chi connectivity index (χ1) is 12.0. The van der Waals surface area contributed by atoms with E-state index in [4.69, 9.17) is 4.74 Å². The number of benzene rings is 2. The Balaban J connectivity index is 1.97. The van der Waals surface area contributed by atoms with Crippen molar-refractivity contribution in [3.05, 3.63) is 65.2 Å². The van der Waals surface area contributed by atoms with Gasteiger partial charge in [-0.3, -0.25) is 9.59 Å². The number of carbonyl (C=O) groups is 3. The zero-order valence-corrected chi connectivity index (χ0v) is 14.3. The van der Waals surface area contributed by atoms with Crippen LogP contribution in [0.15, 0.2) is 48.5 Å². The van der Waals surface area contributed by atoms with Gasteiger partial charge in [-0.25, -0.2) is 4.79 Å². The fraction of sp³-hybridized carbons (Fsp3) is 0.250. The Hall–Kier alpha value is -2.95. The summed E-state index contributed by atoms with van der Waals surface area (Å²) < 4.78 is 10.3. The van der Waals surface area contributed by atoms with Crippen LogP contribution in [0.5, 0.6) is 5.75 Å². The summed E-state index contributed by atoms with van der Waals surface area (Å²) in [6, 6.07) is 14.5. The Morgan fingerprint density at radius 3 is 2.40 bits per heavy atom. The predicted molar refractivity (Wildman–Crippen MR) is 92.5 cm³/mol. The summed E-state index contributed by atoms with van der Waals surface area (Å²) in [7, 11) is 0. The Labute approximate surface area is 146 Å². The van der Waals surface area contributed by atoms with Crippen molar-refractivity contribution >= 4 is 17.5 Å². The number of hydrogen-bond donors (Lipinski definition) is 0. The average molecular weight is 340 g/mol. The van der Waals surface area contributed by atoms with E-state index in [0.29, 0.717) is 17.9 Å². The van der Waals surface area contributed by atoms with Gasteiger partial charge >= 0.3 is 5.97 Å². The number of hydrogen-bond acceptors (Lipinski definition) is 5. The van der Waals surface area contributed by atoms with Crippen LogP contribution in [0, 0.1) is 6.92 Å². The highest BCUT2D eigenvalue weighted by molar-refractivity contribution is 6.38. The van der Waals surface area contributed by atoms with E-state index in [1.807, 2.05) is 31.2 Å². The molecule has 2 aromatic rings. The van der Waals surface area contributed by atoms with Crippen LogP contribution in [0.1, 0.15) is 34.8 Å². The van der Waals surface area contributed by atoms with Crippen LogP contribution in [-0.2, 0) is 20.9 Å². The van der Waals surface area contributed by atoms with E-state index in [0.717, 1.165) is 5.56 Å². The van der Waals surface area contributed by atoms with Crippen LogP contribution in [0.3, 0.4) is 0 Å². The lowest BCUT2D eigenvalue weighted by molar-refractivity contribution is -0.153. The van der Waals surface area contributed by atoms with Crippen LogP contribution in [-0.4, -0.2) is 24.1 Å². The van der Waals surface area contributed by atoms with Gasteiger partial charge in [-0.2, -0.15) is 0 Å². The van der Waals surface area contributed by atoms with Gasteiger partial charge in [-0.05, 0) is 31.5 Å². The van der Waals surface area contributed by atoms with Gasteiger partial charge in [0.1, 0.15) is 12.4 Å². The quantitative estimate of drug-likeness (QED) is 0.319. The van der Waals surface area contributed by atoms with Crippen molar-refractivity contribution in [1.82, 2.24) is 0 Å². The van der Waals surface area contributed by atoms with E-state index in [-0.39, 0.29) is 6.61 Å². The maximum absolute atomic E-state index is 12.1. The molecule has 0 atom stereocenters. The van der Waals surface area contributed by atoms with E-state index < -0.39 is 24.0 Å². The maximum atomic E-state index is 12.1. The molecule has 0 radical (unpaired) electrons. The van der Waals surface area contributed by atoms with Crippen molar-refractivity contribution in [3.63, 3.8) is 0 Å². The molecule has 0 aliphatic carbocycles. The minimum absolute atomic E-state index is 0.0983. The molecule has 5 nitrogen and oxygen atoms in total. The first kappa shape index (κ1) is 18.4. The second-order valence-corrected chi connectivity index (χ2v) is 5.55. The van der Waals surface area contributed by atoms with Crippen LogP contribution >= 0.6 is 0 Å². The molecular weight excluding hydrogens is 320 g/mol. The summed E-state index contributed by atoms with van der Waals surface area (Å²) in [4.78, 5) is 35.1. The average Bonchev–Trinajstić information content (AvgIpc) is 2.61. The van der Waals surface area contributed by atoms with Gasteiger partial charge in [0.2, 0.25) is 5.78 Å². The fourth-order valence-electron chi connectivity index (χ4n) is 2.14. The van der Waals surface area contributed by atoms with E-state index in [1.54, 1.807) is 31.2 Å². The summed E-state index contributed by atoms with van der Waals surface area (Å²) in [6.07, 6.45) is -0.514. The summed E-state index contributed by atoms with van der Waals surface area (Å²) in [5.74, 6) is -1.76. The molecule has 130 valence electrons. The number of ether oxygens (including phenoxy) is 2. The molecule has 0 N–H and O–H groups in total. The Bertz CT molecular complexity index is 762. The number of Topliss-reactive ketones (excluding diaryl/α,β-unsaturated/α-hetero) is 2. The lowest BCUT2D eigenvalue weighted by Gasteiger charge is -2.08. The second kappa shape index (κ2) is 8.78. The molecule has 0 heterocycles. The van der Waals surface area contributed by atoms with Gasteiger partial charge in [0, 0.05) is 5.56 Å². The molecule has 2 rings (SSSR count). The number of ketones is 2. The van der Waals surface area contributed by atoms with Gasteiger partial charge in [-0.1, -0.05) is 42.0 Å². The van der Waals surface area contributed by atoms with Gasteiger partial charge in [0.15, 0.2) is 5.78 Å². The van der Waals surface area contributed by atoms with E-state index >= 15 is 0 Å². The fourth-order valence-corrected chi connectivity index (χ4v) is 2.14. The molecule has 0 aromatic heterocycles. The van der Waals surface area contributed by atoms with Crippen molar-refractivity contribution in [2.24, 2.45) is 0 Å². The molecule has 0 bridgehead atoms. The summed E-state index contributed by atoms with van der Waals surface area (Å²) in [5, 5.41) is 0. The largest absolute Gasteiger partial charge is 0.489 e. The van der Waals surface area contributed by atoms with Crippen LogP contribution in [0.2, 0.25) is 0 Å². The third kappa shape index (κ3) is 5.57. The molecular formula is C20H20O5. The lowest BCUT2D eigenvalue weighted by Crippen LogP contribution is -2.20. The highest BCUT2D eigenvalue weighted by atomic mass is 16.5. The molecule has 25 heavy (non-hydrogen) atoms. The molecule has 0 amide bonds. The van der Waals surface area contributed by atoms with Crippen molar-refractivity contribution in [1.29, 1.82) is 0 Å². The molecule has 0 aliphatic heterocycles. The van der Waals surface area contributed by atoms with Gasteiger partial charge < -0.3 is 9.47 Å². The van der Waals surface area contributed by atoms with Crippen molar-refractivity contribution < 1.29 is 23.9 Å². The third-order valence-corrected chi connectivity index (χ3v) is 3.51. The maximum Gasteiger partial charge on any atom is 0.375 e. The summed E-state index contributed by atoms with van der Waals surface area (Å²) in [5.41, 5.74) is 2.50. The standard InChI is InChI=1S/C20H20O5/c1-3-24-20(23)19(22)12-18(21)16-5-4-6-17(11-16)25-13-15-9-7-14(2)8-10-15/h4-11H,3,12-13H2,1-2H3. The lowest BCUT2D eigenvalue weighted by atomic mass is 10.1. The smallest absolute Gasteiger partial charge is 0.375 e. The SMILES string of the molecule is CCOC(=O)C(=O)CC(=O)c1cccc(OCc2ccc(C)cc2)c1. The topological polar surface area (TPSA) is 69.7 Å². The van der Waals surface area contributed by atoms with E-state index in [9.17, 15) is 14.4 Å². The Kier molecular flexibility index (Phi) is 6.46.